The average Bonchev–Trinajstić information content (AvgIpc) is 2.97. The second-order valence-corrected chi connectivity index (χ2v) is 5.59. The second kappa shape index (κ2) is 5.82. The third-order valence-electron chi connectivity index (χ3n) is 2.43. The first-order chi connectivity index (χ1) is 9.38. The highest BCUT2D eigenvalue weighted by Gasteiger charge is 2.18. The van der Waals surface area contributed by atoms with Gasteiger partial charge in [-0.1, -0.05) is 23.2 Å². The number of aromatic carboxylic acids is 1. The molecule has 20 heavy (non-hydrogen) atoms. The summed E-state index contributed by atoms with van der Waals surface area (Å²) in [7, 11) is 0. The zero-order valence-corrected chi connectivity index (χ0v) is 12.4. The van der Waals surface area contributed by atoms with Crippen LogP contribution in [0.5, 0.6) is 0 Å². The number of amides is 1. The molecule has 0 saturated heterocycles. The van der Waals surface area contributed by atoms with Gasteiger partial charge in [-0.15, -0.1) is 11.3 Å². The number of thiazole rings is 1. The lowest BCUT2D eigenvalue weighted by Crippen LogP contribution is -2.26. The van der Waals surface area contributed by atoms with Crippen LogP contribution in [0.25, 0.3) is 0 Å². The Morgan fingerprint density at radius 3 is 2.70 bits per heavy atom. The Labute approximate surface area is 127 Å². The van der Waals surface area contributed by atoms with Crippen molar-refractivity contribution in [1.29, 1.82) is 0 Å². The van der Waals surface area contributed by atoms with Crippen molar-refractivity contribution >= 4 is 46.4 Å². The summed E-state index contributed by atoms with van der Waals surface area (Å²) in [5.74, 6) is -1.51. The minimum atomic E-state index is -1.10. The third kappa shape index (κ3) is 3.12. The van der Waals surface area contributed by atoms with Gasteiger partial charge in [0.15, 0.2) is 5.69 Å². The average molecular weight is 334 g/mol. The number of nitrogens with one attached hydrogen (secondary N) is 2. The minimum absolute atomic E-state index is 0.0444. The third-order valence-corrected chi connectivity index (χ3v) is 4.15. The van der Waals surface area contributed by atoms with Crippen LogP contribution in [0.4, 0.5) is 0 Å². The van der Waals surface area contributed by atoms with Gasteiger partial charge in [-0.2, -0.15) is 0 Å². The largest absolute Gasteiger partial charge is 0.476 e. The van der Waals surface area contributed by atoms with Crippen molar-refractivity contribution in [3.8, 4) is 0 Å². The van der Waals surface area contributed by atoms with Crippen LogP contribution in [0.1, 0.15) is 39.0 Å². The van der Waals surface area contributed by atoms with Crippen molar-refractivity contribution in [3.63, 3.8) is 0 Å². The molecule has 0 aliphatic heterocycles. The van der Waals surface area contributed by atoms with Gasteiger partial charge < -0.3 is 15.4 Å². The smallest absolute Gasteiger partial charge is 0.355 e. The van der Waals surface area contributed by atoms with Crippen LogP contribution < -0.4 is 5.32 Å². The summed E-state index contributed by atoms with van der Waals surface area (Å²) in [6.45, 7) is 1.70. The Balaban J connectivity index is 2.08. The van der Waals surface area contributed by atoms with Crippen molar-refractivity contribution < 1.29 is 14.7 Å². The van der Waals surface area contributed by atoms with E-state index in [2.05, 4.69) is 15.3 Å². The zero-order valence-electron chi connectivity index (χ0n) is 10.1. The van der Waals surface area contributed by atoms with Crippen molar-refractivity contribution in [2.24, 2.45) is 0 Å². The topological polar surface area (TPSA) is 95.1 Å². The maximum atomic E-state index is 11.9. The normalized spacial score (nSPS) is 12.2. The molecule has 0 saturated carbocycles. The molecule has 2 heterocycles. The first-order valence-electron chi connectivity index (χ1n) is 5.42. The summed E-state index contributed by atoms with van der Waals surface area (Å²) in [6, 6.07) is 0.984. The SMILES string of the molecule is CC(NC(=O)c1cc(Cl)c(Cl)[nH]1)c1nc(C(=O)O)cs1. The van der Waals surface area contributed by atoms with Crippen LogP contribution >= 0.6 is 34.5 Å². The van der Waals surface area contributed by atoms with Crippen LogP contribution in [-0.4, -0.2) is 27.0 Å². The quantitative estimate of drug-likeness (QED) is 0.801. The number of hydrogen-bond acceptors (Lipinski definition) is 4. The van der Waals surface area contributed by atoms with Crippen molar-refractivity contribution in [2.45, 2.75) is 13.0 Å². The number of carboxylic acids is 1. The first kappa shape index (κ1) is 14.8. The molecule has 106 valence electrons. The Hall–Kier alpha value is -1.57. The second-order valence-electron chi connectivity index (χ2n) is 3.92. The van der Waals surface area contributed by atoms with Crippen LogP contribution in [0.2, 0.25) is 10.2 Å². The molecule has 0 aliphatic rings. The van der Waals surface area contributed by atoms with Gasteiger partial charge in [0, 0.05) is 5.38 Å². The number of hydrogen-bond donors (Lipinski definition) is 3. The fourth-order valence-electron chi connectivity index (χ4n) is 1.45. The highest BCUT2D eigenvalue weighted by molar-refractivity contribution is 7.09. The summed E-state index contributed by atoms with van der Waals surface area (Å²) < 4.78 is 0. The molecule has 0 fully saturated rings. The van der Waals surface area contributed by atoms with Gasteiger partial charge in [-0.3, -0.25) is 4.79 Å². The van der Waals surface area contributed by atoms with Crippen LogP contribution in [0.3, 0.4) is 0 Å². The van der Waals surface area contributed by atoms with E-state index in [1.54, 1.807) is 6.92 Å². The molecule has 0 spiro atoms. The lowest BCUT2D eigenvalue weighted by atomic mass is 10.3. The van der Waals surface area contributed by atoms with Crippen molar-refractivity contribution in [1.82, 2.24) is 15.3 Å². The fraction of sp³-hybridized carbons (Fsp3) is 0.182. The van der Waals surface area contributed by atoms with Crippen molar-refractivity contribution in [3.05, 3.63) is 38.0 Å². The highest BCUT2D eigenvalue weighted by atomic mass is 35.5. The summed E-state index contributed by atoms with van der Waals surface area (Å²) in [5, 5.41) is 13.8. The van der Waals surface area contributed by atoms with Gasteiger partial charge in [-0.25, -0.2) is 9.78 Å². The van der Waals surface area contributed by atoms with Crippen LogP contribution in [0, 0.1) is 0 Å². The van der Waals surface area contributed by atoms with Crippen LogP contribution in [-0.2, 0) is 0 Å². The Morgan fingerprint density at radius 2 is 2.20 bits per heavy atom. The Bertz CT molecular complexity index is 648. The highest BCUT2D eigenvalue weighted by Crippen LogP contribution is 2.23. The number of carbonyl (C=O) groups excluding carboxylic acids is 1. The number of aromatic amines is 1. The van der Waals surface area contributed by atoms with Gasteiger partial charge in [0.25, 0.3) is 5.91 Å². The van der Waals surface area contributed by atoms with Gasteiger partial charge in [0.1, 0.15) is 15.9 Å². The van der Waals surface area contributed by atoms with Crippen molar-refractivity contribution in [2.75, 3.05) is 0 Å². The minimum Gasteiger partial charge on any atom is -0.476 e. The number of rotatable bonds is 4. The number of carboxylic acid groups (broad SMARTS) is 1. The van der Waals surface area contributed by atoms with E-state index < -0.39 is 17.9 Å². The molecule has 9 heteroatoms. The van der Waals surface area contributed by atoms with Gasteiger partial charge in [-0.05, 0) is 13.0 Å². The molecule has 0 radical (unpaired) electrons. The van der Waals surface area contributed by atoms with E-state index in [0.29, 0.717) is 5.01 Å². The van der Waals surface area contributed by atoms with E-state index in [1.165, 1.54) is 11.4 Å². The molecule has 0 aromatic carbocycles. The fourth-order valence-corrected chi connectivity index (χ4v) is 2.56. The number of H-pyrrole nitrogens is 1. The van der Waals surface area contributed by atoms with E-state index in [-0.39, 0.29) is 21.6 Å². The predicted molar refractivity (Wildman–Crippen MR) is 75.8 cm³/mol. The molecular weight excluding hydrogens is 325 g/mol. The number of aromatic nitrogens is 2. The molecule has 1 amide bonds. The lowest BCUT2D eigenvalue weighted by Gasteiger charge is -2.09. The molecule has 0 aliphatic carbocycles. The number of carbonyl (C=O) groups is 2. The predicted octanol–water partition coefficient (Wildman–Crippen LogP) is 2.97. The molecule has 0 bridgehead atoms. The van der Waals surface area contributed by atoms with E-state index in [9.17, 15) is 9.59 Å². The molecule has 1 unspecified atom stereocenters. The molecule has 2 aromatic rings. The Morgan fingerprint density at radius 1 is 1.50 bits per heavy atom. The van der Waals surface area contributed by atoms with E-state index in [4.69, 9.17) is 28.3 Å². The van der Waals surface area contributed by atoms with E-state index >= 15 is 0 Å². The van der Waals surface area contributed by atoms with E-state index in [1.807, 2.05) is 0 Å². The summed E-state index contributed by atoms with van der Waals surface area (Å²) in [6.07, 6.45) is 0. The zero-order chi connectivity index (χ0) is 14.9. The maximum absolute atomic E-state index is 11.9. The molecule has 2 rings (SSSR count). The summed E-state index contributed by atoms with van der Waals surface area (Å²) in [4.78, 5) is 29.2. The molecular formula is C11H9Cl2N3O3S. The van der Waals surface area contributed by atoms with Crippen LogP contribution in [0.15, 0.2) is 11.4 Å². The first-order valence-corrected chi connectivity index (χ1v) is 7.05. The number of halogens is 2. The molecule has 6 nitrogen and oxygen atoms in total. The lowest BCUT2D eigenvalue weighted by molar-refractivity contribution is 0.0691. The maximum Gasteiger partial charge on any atom is 0.355 e. The van der Waals surface area contributed by atoms with E-state index in [0.717, 1.165) is 11.3 Å². The summed E-state index contributed by atoms with van der Waals surface area (Å²) in [5.41, 5.74) is 0.180. The van der Waals surface area contributed by atoms with Gasteiger partial charge in [0.05, 0.1) is 11.1 Å². The summed E-state index contributed by atoms with van der Waals surface area (Å²) >= 11 is 12.6. The van der Waals surface area contributed by atoms with Gasteiger partial charge in [0.2, 0.25) is 0 Å². The molecule has 2 aromatic heterocycles. The number of nitrogens with zero attached hydrogens (tertiary/aromatic N) is 1. The monoisotopic (exact) mass is 333 g/mol. The van der Waals surface area contributed by atoms with Gasteiger partial charge >= 0.3 is 5.97 Å². The molecule has 3 N–H and O–H groups in total. The standard InChI is InChI=1S/C11H9Cl2N3O3S/c1-4(10-16-7(3-20-10)11(18)19)14-9(17)6-2-5(12)8(13)15-6/h2-4,15H,1H3,(H,14,17)(H,18,19). The molecule has 1 atom stereocenters. The Kier molecular flexibility index (Phi) is 4.32.